The molecular weight excluding hydrogens is 1100 g/mol. The molecule has 26 nitrogen and oxygen atoms in total. The van der Waals surface area contributed by atoms with E-state index in [9.17, 15) is 38.7 Å². The van der Waals surface area contributed by atoms with Gasteiger partial charge in [-0.25, -0.2) is 49.9 Å². The molecule has 0 bridgehead atoms. The first-order chi connectivity index (χ1) is 39.5. The lowest BCUT2D eigenvalue weighted by atomic mass is 9.76. The van der Waals surface area contributed by atoms with Crippen molar-refractivity contribution < 1.29 is 52.8 Å². The Bertz CT molecular complexity index is 3630. The van der Waals surface area contributed by atoms with Gasteiger partial charge in [0.2, 0.25) is 0 Å². The van der Waals surface area contributed by atoms with E-state index in [-0.39, 0.29) is 34.9 Å². The Morgan fingerprint density at radius 2 is 1.08 bits per heavy atom. The molecule has 10 N–H and O–H groups in total. The number of imidazole rings is 3. The number of aryl methyl sites for hydroxylation is 3. The molecule has 3 fully saturated rings. The number of amides is 4. The van der Waals surface area contributed by atoms with Crippen molar-refractivity contribution in [2.75, 3.05) is 19.8 Å². The average molecular weight is 1180 g/mol. The highest BCUT2D eigenvalue weighted by atomic mass is 32.1. The first-order valence-electron chi connectivity index (χ1n) is 27.6. The molecule has 10 rings (SSSR count). The Kier molecular flexibility index (Phi) is 19.2. The van der Waals surface area contributed by atoms with Crippen molar-refractivity contribution in [2.45, 2.75) is 141 Å². The van der Waals surface area contributed by atoms with E-state index >= 15 is 0 Å². The molecule has 7 aromatic rings. The quantitative estimate of drug-likeness (QED) is 0.0189. The highest BCUT2D eigenvalue weighted by Crippen LogP contribution is 2.44. The van der Waals surface area contributed by atoms with E-state index in [1.807, 2.05) is 90.0 Å². The van der Waals surface area contributed by atoms with Crippen LogP contribution in [0.15, 0.2) is 59.4 Å². The van der Waals surface area contributed by atoms with Gasteiger partial charge in [-0.2, -0.15) is 5.10 Å². The number of carbonyl (C=O) groups excluding carboxylic acids is 5. The number of aromatic carboxylic acids is 1. The molecule has 4 aromatic heterocycles. The molecule has 0 saturated heterocycles. The van der Waals surface area contributed by atoms with E-state index in [1.54, 1.807) is 49.6 Å². The van der Waals surface area contributed by atoms with E-state index < -0.39 is 52.6 Å². The van der Waals surface area contributed by atoms with Crippen molar-refractivity contribution in [1.82, 2.24) is 60.2 Å². The molecule has 0 aliphatic heterocycles. The minimum absolute atomic E-state index is 0.147. The van der Waals surface area contributed by atoms with Crippen LogP contribution < -0.4 is 37.8 Å². The standard InChI is InChI=1S/C22H30N4O5.C18H23N3O4.C14H15N5OS.C3H8N2O2/c1-6-30-19(28)23-13-17(27)14-8-9-15-16(12-14)26(5)18(24-15)22(10-7-11-22)25-20(29)31-21(2,3)4;1-17(2,3)25-16(24)20-18(8-5-9-18)15-19-12-7-6-11(14(22)23)10-13(12)21(15)4;1-19-10-7-8(11-17-18-13(20)21-11)3-4-9(10)16-12(19)14(15)5-2-6-14;1-2-7-3(6)5-4/h8-9,12H,6-7,10-11,13H2,1-5H3,(H,23,28)(H,25,29);6-7,10H,5,8-9H2,1-4H3,(H,20,24)(H,22,23);3-4,7H,2,5-6,15H2,1H3,(H,18,20);2,4H2,1H3,(H,5,6). The topological polar surface area (TPSA) is 359 Å². The zero-order chi connectivity index (χ0) is 61.5. The Morgan fingerprint density at radius 1 is 0.643 bits per heavy atom. The van der Waals surface area contributed by atoms with Crippen molar-refractivity contribution in [3.8, 4) is 10.6 Å². The SMILES string of the molecule is CCOC(=O)NCC(=O)c1ccc2nc(C3(NC(=O)OC(C)(C)C)CCC3)n(C)c2c1.CCOC(=O)NN.Cn1c(C2(N)CCC2)nc2ccc(-c3n[nH]c(=O)s3)cc21.Cn1c(C2(NC(=O)OC(C)(C)C)CCC2)nc2ccc(C(=O)O)cc21. The third-order valence-electron chi connectivity index (χ3n) is 14.4. The number of carbonyl (C=O) groups is 6. The van der Waals surface area contributed by atoms with Crippen molar-refractivity contribution in [3.05, 3.63) is 92.9 Å². The number of nitrogens with two attached hydrogens (primary N) is 2. The fraction of sp³-hybridized carbons (Fsp3) is 0.491. The van der Waals surface area contributed by atoms with E-state index in [2.05, 4.69) is 46.3 Å². The van der Waals surface area contributed by atoms with Gasteiger partial charge in [0.15, 0.2) is 5.78 Å². The van der Waals surface area contributed by atoms with Crippen molar-refractivity contribution in [1.29, 1.82) is 0 Å². The number of ketones is 1. The maximum atomic E-state index is 12.5. The molecular formula is C57H76N14O12S. The molecule has 3 aliphatic carbocycles. The van der Waals surface area contributed by atoms with Gasteiger partial charge in [-0.3, -0.25) is 15.0 Å². The van der Waals surface area contributed by atoms with Gasteiger partial charge in [-0.05, 0) is 168 Å². The Balaban J connectivity index is 0.000000173. The lowest BCUT2D eigenvalue weighted by molar-refractivity contribution is 0.0350. The van der Waals surface area contributed by atoms with Crippen LogP contribution in [-0.2, 0) is 56.7 Å². The smallest absolute Gasteiger partial charge is 0.421 e. The molecule has 0 atom stereocenters. The second-order valence-electron chi connectivity index (χ2n) is 22.8. The van der Waals surface area contributed by atoms with Crippen LogP contribution in [0.25, 0.3) is 43.7 Å². The number of hydrazine groups is 1. The van der Waals surface area contributed by atoms with E-state index in [1.165, 1.54) is 6.07 Å². The average Bonchev–Trinajstić information content (AvgIpc) is 2.06. The first-order valence-corrected chi connectivity index (χ1v) is 28.4. The summed E-state index contributed by atoms with van der Waals surface area (Å²) in [5.74, 6) is 5.82. The van der Waals surface area contributed by atoms with Crippen LogP contribution >= 0.6 is 11.3 Å². The number of aromatic nitrogens is 8. The third kappa shape index (κ3) is 14.7. The van der Waals surface area contributed by atoms with Gasteiger partial charge in [0.05, 0.1) is 64.0 Å². The van der Waals surface area contributed by atoms with Gasteiger partial charge in [0.25, 0.3) is 0 Å². The summed E-state index contributed by atoms with van der Waals surface area (Å²) in [6, 6.07) is 16.0. The molecule has 3 aromatic carbocycles. The lowest BCUT2D eigenvalue weighted by Crippen LogP contribution is -2.53. The maximum absolute atomic E-state index is 12.5. The van der Waals surface area contributed by atoms with Crippen LogP contribution in [-0.4, -0.2) is 111 Å². The van der Waals surface area contributed by atoms with Crippen molar-refractivity contribution in [2.24, 2.45) is 32.7 Å². The number of hydrogen-bond donors (Lipinski definition) is 8. The second-order valence-corrected chi connectivity index (χ2v) is 23.8. The summed E-state index contributed by atoms with van der Waals surface area (Å²) in [6.45, 7) is 14.8. The highest BCUT2D eigenvalue weighted by Gasteiger charge is 2.46. The monoisotopic (exact) mass is 1180 g/mol. The minimum atomic E-state index is -0.977. The Labute approximate surface area is 488 Å². The van der Waals surface area contributed by atoms with Crippen LogP contribution in [0.1, 0.15) is 151 Å². The Morgan fingerprint density at radius 3 is 1.49 bits per heavy atom. The van der Waals surface area contributed by atoms with Crippen LogP contribution in [0.3, 0.4) is 0 Å². The lowest BCUT2D eigenvalue weighted by Gasteiger charge is -2.41. The molecule has 3 saturated carbocycles. The number of hydrogen-bond acceptors (Lipinski definition) is 18. The van der Waals surface area contributed by atoms with Gasteiger partial charge < -0.3 is 59.4 Å². The van der Waals surface area contributed by atoms with E-state index in [0.717, 1.165) is 120 Å². The molecule has 84 heavy (non-hydrogen) atoms. The van der Waals surface area contributed by atoms with Gasteiger partial charge in [-0.1, -0.05) is 11.3 Å². The summed E-state index contributed by atoms with van der Waals surface area (Å²) in [4.78, 5) is 95.0. The number of benzene rings is 3. The Hall–Kier alpha value is -8.43. The largest absolute Gasteiger partial charge is 0.478 e. The van der Waals surface area contributed by atoms with Crippen LogP contribution in [0.5, 0.6) is 0 Å². The number of carboxylic acids is 1. The number of rotatable bonds is 12. The molecule has 0 radical (unpaired) electrons. The number of nitrogens with zero attached hydrogens (tertiary/aromatic N) is 7. The molecule has 0 spiro atoms. The summed E-state index contributed by atoms with van der Waals surface area (Å²) in [5.41, 5.74) is 12.1. The highest BCUT2D eigenvalue weighted by molar-refractivity contribution is 7.12. The van der Waals surface area contributed by atoms with Crippen LogP contribution in [0.4, 0.5) is 19.2 Å². The number of ether oxygens (including phenoxy) is 4. The number of aromatic amines is 1. The van der Waals surface area contributed by atoms with Gasteiger partial charge in [0, 0.05) is 32.3 Å². The fourth-order valence-corrected chi connectivity index (χ4v) is 10.5. The van der Waals surface area contributed by atoms with Crippen LogP contribution in [0, 0.1) is 0 Å². The number of carboxylic acid groups (broad SMARTS) is 1. The second kappa shape index (κ2) is 25.6. The summed E-state index contributed by atoms with van der Waals surface area (Å²) in [7, 11) is 5.70. The van der Waals surface area contributed by atoms with Gasteiger partial charge in [-0.15, -0.1) is 0 Å². The van der Waals surface area contributed by atoms with Crippen molar-refractivity contribution in [3.63, 3.8) is 0 Å². The number of Topliss-reactive ketones (excluding diaryl/α,β-unsaturated/α-hetero) is 1. The molecule has 4 amide bonds. The summed E-state index contributed by atoms with van der Waals surface area (Å²) >= 11 is 1.11. The van der Waals surface area contributed by atoms with E-state index in [0.29, 0.717) is 22.7 Å². The van der Waals surface area contributed by atoms with Crippen molar-refractivity contribution >= 4 is 80.6 Å². The van der Waals surface area contributed by atoms with Gasteiger partial charge in [0.1, 0.15) is 44.8 Å². The summed E-state index contributed by atoms with van der Waals surface area (Å²) in [6.07, 6.45) is 6.00. The molecule has 452 valence electrons. The zero-order valence-electron chi connectivity index (χ0n) is 49.3. The number of fused-ring (bicyclic) bond motifs is 3. The zero-order valence-corrected chi connectivity index (χ0v) is 50.1. The van der Waals surface area contributed by atoms with Gasteiger partial charge >= 0.3 is 35.2 Å². The first kappa shape index (κ1) is 63.2. The number of H-pyrrole nitrogens is 1. The fourth-order valence-electron chi connectivity index (χ4n) is 9.92. The molecule has 0 unspecified atom stereocenters. The molecule has 4 heterocycles. The number of alkyl carbamates (subject to hydrolysis) is 3. The maximum Gasteiger partial charge on any atom is 0.421 e. The predicted octanol–water partition coefficient (Wildman–Crippen LogP) is 7.91. The van der Waals surface area contributed by atoms with E-state index in [4.69, 9.17) is 29.9 Å². The van der Waals surface area contributed by atoms with Crippen LogP contribution in [0.2, 0.25) is 0 Å². The minimum Gasteiger partial charge on any atom is -0.478 e. The summed E-state index contributed by atoms with van der Waals surface area (Å²) in [5, 5.41) is 24.8. The summed E-state index contributed by atoms with van der Waals surface area (Å²) < 4.78 is 25.8. The predicted molar refractivity (Wildman–Crippen MR) is 314 cm³/mol. The number of nitrogens with one attached hydrogen (secondary N) is 5. The molecule has 3 aliphatic rings. The molecule has 27 heteroatoms. The third-order valence-corrected chi connectivity index (χ3v) is 15.2. The normalized spacial score (nSPS) is 15.3.